The summed E-state index contributed by atoms with van der Waals surface area (Å²) in [4.78, 5) is 2.35. The van der Waals surface area contributed by atoms with E-state index in [4.69, 9.17) is 0 Å². The van der Waals surface area contributed by atoms with Gasteiger partial charge in [0.2, 0.25) is 0 Å². The molecule has 0 radical (unpaired) electrons. The molecule has 1 aliphatic rings. The van der Waals surface area contributed by atoms with Crippen LogP contribution in [0.3, 0.4) is 0 Å². The number of halogens is 1. The summed E-state index contributed by atoms with van der Waals surface area (Å²) in [6.45, 7) is 3.84. The molecule has 2 rings (SSSR count). The van der Waals surface area contributed by atoms with Gasteiger partial charge in [-0.25, -0.2) is 4.39 Å². The monoisotopic (exact) mass is 252 g/mol. The van der Waals surface area contributed by atoms with Crippen LogP contribution >= 0.6 is 0 Å². The highest BCUT2D eigenvalue weighted by Crippen LogP contribution is 2.26. The second-order valence-electron chi connectivity index (χ2n) is 5.09. The van der Waals surface area contributed by atoms with Crippen LogP contribution in [0.2, 0.25) is 0 Å². The molecule has 1 fully saturated rings. The molecule has 0 heterocycles. The molecule has 1 atom stereocenters. The van der Waals surface area contributed by atoms with E-state index in [2.05, 4.69) is 17.3 Å². The van der Waals surface area contributed by atoms with E-state index in [1.807, 2.05) is 6.92 Å². The molecule has 0 saturated heterocycles. The van der Waals surface area contributed by atoms with Crippen LogP contribution in [0.1, 0.15) is 31.4 Å². The molecule has 1 aromatic rings. The summed E-state index contributed by atoms with van der Waals surface area (Å²) in [7, 11) is 2.14. The van der Waals surface area contributed by atoms with Crippen LogP contribution in [0.15, 0.2) is 18.2 Å². The SMILES string of the molecule is CC(NCCN(C)C1CC1)c1ccc(F)cc1O. The topological polar surface area (TPSA) is 35.5 Å². The Balaban J connectivity index is 1.81. The molecule has 0 spiro atoms. The predicted octanol–water partition coefficient (Wildman–Crippen LogP) is 2.28. The van der Waals surface area contributed by atoms with Crippen LogP contribution in [-0.4, -0.2) is 36.2 Å². The number of nitrogens with zero attached hydrogens (tertiary/aromatic N) is 1. The second-order valence-corrected chi connectivity index (χ2v) is 5.09. The molecule has 3 nitrogen and oxygen atoms in total. The molecule has 18 heavy (non-hydrogen) atoms. The molecule has 2 N–H and O–H groups in total. The molecule has 1 saturated carbocycles. The summed E-state index contributed by atoms with van der Waals surface area (Å²) in [5.74, 6) is -0.387. The minimum Gasteiger partial charge on any atom is -0.508 e. The first kappa shape index (κ1) is 13.3. The Bertz CT molecular complexity index is 407. The van der Waals surface area contributed by atoms with E-state index in [9.17, 15) is 9.50 Å². The lowest BCUT2D eigenvalue weighted by Crippen LogP contribution is -2.32. The number of phenolic OH excluding ortho intramolecular Hbond substituents is 1. The third-order valence-electron chi connectivity index (χ3n) is 3.54. The average molecular weight is 252 g/mol. The zero-order chi connectivity index (χ0) is 13.1. The number of aromatic hydroxyl groups is 1. The third kappa shape index (κ3) is 3.43. The lowest BCUT2D eigenvalue weighted by Gasteiger charge is -2.19. The zero-order valence-electron chi connectivity index (χ0n) is 11.0. The Kier molecular flexibility index (Phi) is 4.19. The highest BCUT2D eigenvalue weighted by Gasteiger charge is 2.25. The number of phenols is 1. The fourth-order valence-electron chi connectivity index (χ4n) is 2.15. The smallest absolute Gasteiger partial charge is 0.126 e. The van der Waals surface area contributed by atoms with Gasteiger partial charge in [0.15, 0.2) is 0 Å². The molecule has 1 aliphatic carbocycles. The maximum absolute atomic E-state index is 12.9. The van der Waals surface area contributed by atoms with Gasteiger partial charge in [-0.3, -0.25) is 0 Å². The Labute approximate surface area is 108 Å². The average Bonchev–Trinajstić information content (AvgIpc) is 3.12. The molecular weight excluding hydrogens is 231 g/mol. The molecule has 1 unspecified atom stereocenters. The summed E-state index contributed by atoms with van der Waals surface area (Å²) in [6.07, 6.45) is 2.62. The maximum Gasteiger partial charge on any atom is 0.126 e. The number of likely N-dealkylation sites (N-methyl/N-ethyl adjacent to an activating group) is 1. The summed E-state index contributed by atoms with van der Waals surface area (Å²) in [5, 5.41) is 13.0. The van der Waals surface area contributed by atoms with E-state index in [-0.39, 0.29) is 11.8 Å². The van der Waals surface area contributed by atoms with Crippen LogP contribution in [0.5, 0.6) is 5.75 Å². The van der Waals surface area contributed by atoms with Gasteiger partial charge in [-0.1, -0.05) is 6.07 Å². The van der Waals surface area contributed by atoms with E-state index in [0.717, 1.165) is 30.8 Å². The van der Waals surface area contributed by atoms with E-state index < -0.39 is 5.82 Å². The van der Waals surface area contributed by atoms with Crippen molar-refractivity contribution in [2.24, 2.45) is 0 Å². The van der Waals surface area contributed by atoms with Crippen molar-refractivity contribution >= 4 is 0 Å². The zero-order valence-corrected chi connectivity index (χ0v) is 11.0. The summed E-state index contributed by atoms with van der Waals surface area (Å²) in [6, 6.07) is 4.96. The lowest BCUT2D eigenvalue weighted by atomic mass is 10.1. The van der Waals surface area contributed by atoms with Crippen LogP contribution < -0.4 is 5.32 Å². The molecule has 0 aromatic heterocycles. The maximum atomic E-state index is 12.9. The van der Waals surface area contributed by atoms with Crippen molar-refractivity contribution in [1.82, 2.24) is 10.2 Å². The number of hydrogen-bond donors (Lipinski definition) is 2. The van der Waals surface area contributed by atoms with Gasteiger partial charge in [0.05, 0.1) is 0 Å². The summed E-state index contributed by atoms with van der Waals surface area (Å²) in [5.41, 5.74) is 0.741. The fourth-order valence-corrected chi connectivity index (χ4v) is 2.15. The summed E-state index contributed by atoms with van der Waals surface area (Å²) >= 11 is 0. The van der Waals surface area contributed by atoms with Gasteiger partial charge < -0.3 is 15.3 Å². The lowest BCUT2D eigenvalue weighted by molar-refractivity contribution is 0.315. The largest absolute Gasteiger partial charge is 0.508 e. The van der Waals surface area contributed by atoms with Crippen molar-refractivity contribution < 1.29 is 9.50 Å². The van der Waals surface area contributed by atoms with Gasteiger partial charge >= 0.3 is 0 Å². The minimum absolute atomic E-state index is 0.0190. The molecule has 4 heteroatoms. The quantitative estimate of drug-likeness (QED) is 0.815. The molecule has 100 valence electrons. The van der Waals surface area contributed by atoms with Gasteiger partial charge in [0.1, 0.15) is 11.6 Å². The van der Waals surface area contributed by atoms with Crippen molar-refractivity contribution in [3.8, 4) is 5.75 Å². The van der Waals surface area contributed by atoms with Crippen molar-refractivity contribution in [2.75, 3.05) is 20.1 Å². The van der Waals surface area contributed by atoms with E-state index in [1.165, 1.54) is 18.9 Å². The number of benzene rings is 1. The Morgan fingerprint density at radius 1 is 1.50 bits per heavy atom. The van der Waals surface area contributed by atoms with E-state index >= 15 is 0 Å². The molecule has 0 aliphatic heterocycles. The fraction of sp³-hybridized carbons (Fsp3) is 0.571. The minimum atomic E-state index is -0.406. The normalized spacial score (nSPS) is 17.1. The van der Waals surface area contributed by atoms with Crippen LogP contribution in [0.25, 0.3) is 0 Å². The van der Waals surface area contributed by atoms with Crippen molar-refractivity contribution in [3.63, 3.8) is 0 Å². The van der Waals surface area contributed by atoms with Gasteiger partial charge in [0.25, 0.3) is 0 Å². The van der Waals surface area contributed by atoms with Gasteiger partial charge in [-0.15, -0.1) is 0 Å². The molecule has 0 amide bonds. The number of hydrogen-bond acceptors (Lipinski definition) is 3. The molecule has 1 aromatic carbocycles. The Hall–Kier alpha value is -1.13. The van der Waals surface area contributed by atoms with E-state index in [1.54, 1.807) is 6.07 Å². The summed E-state index contributed by atoms with van der Waals surface area (Å²) < 4.78 is 12.9. The molecule has 0 bridgehead atoms. The number of nitrogens with one attached hydrogen (secondary N) is 1. The number of rotatable bonds is 6. The van der Waals surface area contributed by atoms with Crippen LogP contribution in [0, 0.1) is 5.82 Å². The van der Waals surface area contributed by atoms with Gasteiger partial charge in [-0.05, 0) is 32.9 Å². The van der Waals surface area contributed by atoms with Gasteiger partial charge in [-0.2, -0.15) is 0 Å². The highest BCUT2D eigenvalue weighted by molar-refractivity contribution is 5.34. The van der Waals surface area contributed by atoms with E-state index in [0.29, 0.717) is 0 Å². The first-order chi connectivity index (χ1) is 8.58. The first-order valence-electron chi connectivity index (χ1n) is 6.50. The standard InChI is InChI=1S/C14H21FN2O/c1-10(13-6-3-11(15)9-14(13)18)16-7-8-17(2)12-4-5-12/h3,6,9-10,12,16,18H,4-5,7-8H2,1-2H3. The van der Waals surface area contributed by atoms with Crippen molar-refractivity contribution in [3.05, 3.63) is 29.6 Å². The van der Waals surface area contributed by atoms with Crippen molar-refractivity contribution in [1.29, 1.82) is 0 Å². The third-order valence-corrected chi connectivity index (χ3v) is 3.54. The predicted molar refractivity (Wildman–Crippen MR) is 70.1 cm³/mol. The van der Waals surface area contributed by atoms with Crippen LogP contribution in [-0.2, 0) is 0 Å². The highest BCUT2D eigenvalue weighted by atomic mass is 19.1. The van der Waals surface area contributed by atoms with Crippen molar-refractivity contribution in [2.45, 2.75) is 31.8 Å². The Morgan fingerprint density at radius 3 is 2.83 bits per heavy atom. The van der Waals surface area contributed by atoms with Crippen LogP contribution in [0.4, 0.5) is 4.39 Å². The molecular formula is C14H21FN2O. The first-order valence-corrected chi connectivity index (χ1v) is 6.50. The second kappa shape index (κ2) is 5.67. The van der Waals surface area contributed by atoms with Gasteiger partial charge in [0, 0.05) is 36.8 Å². The Morgan fingerprint density at radius 2 is 2.22 bits per heavy atom.